The lowest BCUT2D eigenvalue weighted by atomic mass is 10.1. The van der Waals surface area contributed by atoms with Gasteiger partial charge in [-0.1, -0.05) is 6.07 Å². The molecule has 0 aliphatic carbocycles. The zero-order valence-corrected chi connectivity index (χ0v) is 13.0. The molecular weight excluding hydrogens is 272 g/mol. The van der Waals surface area contributed by atoms with E-state index in [0.717, 1.165) is 5.56 Å². The van der Waals surface area contributed by atoms with Gasteiger partial charge in [-0.2, -0.15) is 0 Å². The summed E-state index contributed by atoms with van der Waals surface area (Å²) in [7, 11) is 3.16. The van der Waals surface area contributed by atoms with Crippen LogP contribution in [0.1, 0.15) is 25.5 Å². The van der Waals surface area contributed by atoms with Gasteiger partial charge < -0.3 is 25.3 Å². The fraction of sp³-hybridized carbons (Fsp3) is 0.533. The minimum atomic E-state index is -0.633. The van der Waals surface area contributed by atoms with Crippen molar-refractivity contribution in [1.82, 2.24) is 5.32 Å². The maximum atomic E-state index is 11.9. The summed E-state index contributed by atoms with van der Waals surface area (Å²) < 4.78 is 15.8. The van der Waals surface area contributed by atoms with Crippen molar-refractivity contribution in [3.8, 4) is 11.5 Å². The monoisotopic (exact) mass is 296 g/mol. The van der Waals surface area contributed by atoms with Gasteiger partial charge in [-0.25, -0.2) is 0 Å². The minimum Gasteiger partial charge on any atom is -0.497 e. The van der Waals surface area contributed by atoms with Crippen LogP contribution in [0.4, 0.5) is 0 Å². The maximum absolute atomic E-state index is 11.9. The number of nitrogens with one attached hydrogen (secondary N) is 1. The minimum absolute atomic E-state index is 0.199. The van der Waals surface area contributed by atoms with Gasteiger partial charge in [0.25, 0.3) is 5.91 Å². The standard InChI is InChI=1S/C15H24N2O4/c1-10(16)13-6-5-12(20-4)9-14(13)21-11(2)15(18)17-7-8-19-3/h5-6,9-11H,7-8,16H2,1-4H3,(H,17,18)/t10-,11?/m1/s1. The zero-order valence-electron chi connectivity index (χ0n) is 13.0. The molecule has 1 amide bonds. The highest BCUT2D eigenvalue weighted by molar-refractivity contribution is 5.80. The number of hydrogen-bond acceptors (Lipinski definition) is 5. The van der Waals surface area contributed by atoms with Gasteiger partial charge in [-0.15, -0.1) is 0 Å². The molecule has 1 aromatic rings. The second kappa shape index (κ2) is 8.49. The molecule has 21 heavy (non-hydrogen) atoms. The van der Waals surface area contributed by atoms with Gasteiger partial charge in [0.15, 0.2) is 6.10 Å². The molecule has 1 rings (SSSR count). The van der Waals surface area contributed by atoms with E-state index in [9.17, 15) is 4.79 Å². The summed E-state index contributed by atoms with van der Waals surface area (Å²) in [5.41, 5.74) is 6.74. The third-order valence-electron chi connectivity index (χ3n) is 2.99. The fourth-order valence-corrected chi connectivity index (χ4v) is 1.78. The fourth-order valence-electron chi connectivity index (χ4n) is 1.78. The van der Waals surface area contributed by atoms with E-state index in [-0.39, 0.29) is 11.9 Å². The Morgan fingerprint density at radius 3 is 2.62 bits per heavy atom. The van der Waals surface area contributed by atoms with Crippen molar-refractivity contribution < 1.29 is 19.0 Å². The number of ether oxygens (including phenoxy) is 3. The van der Waals surface area contributed by atoms with Crippen molar-refractivity contribution in [1.29, 1.82) is 0 Å². The highest BCUT2D eigenvalue weighted by atomic mass is 16.5. The second-order valence-corrected chi connectivity index (χ2v) is 4.74. The molecule has 1 aromatic carbocycles. The van der Waals surface area contributed by atoms with Gasteiger partial charge in [0.2, 0.25) is 0 Å². The highest BCUT2D eigenvalue weighted by Gasteiger charge is 2.17. The Morgan fingerprint density at radius 1 is 1.33 bits per heavy atom. The lowest BCUT2D eigenvalue weighted by Crippen LogP contribution is -2.38. The van der Waals surface area contributed by atoms with Crippen molar-refractivity contribution in [3.05, 3.63) is 23.8 Å². The smallest absolute Gasteiger partial charge is 0.260 e. The van der Waals surface area contributed by atoms with E-state index in [4.69, 9.17) is 19.9 Å². The number of amides is 1. The van der Waals surface area contributed by atoms with Crippen molar-refractivity contribution in [3.63, 3.8) is 0 Å². The van der Waals surface area contributed by atoms with E-state index in [1.807, 2.05) is 19.1 Å². The number of hydrogen-bond donors (Lipinski definition) is 2. The van der Waals surface area contributed by atoms with Gasteiger partial charge in [0, 0.05) is 31.3 Å². The Kier molecular flexibility index (Phi) is 6.98. The third-order valence-corrected chi connectivity index (χ3v) is 2.99. The van der Waals surface area contributed by atoms with E-state index in [1.54, 1.807) is 27.2 Å². The first-order chi connectivity index (χ1) is 9.99. The van der Waals surface area contributed by atoms with E-state index in [2.05, 4.69) is 5.32 Å². The molecule has 3 N–H and O–H groups in total. The first-order valence-corrected chi connectivity index (χ1v) is 6.86. The van der Waals surface area contributed by atoms with E-state index in [1.165, 1.54) is 0 Å². The van der Waals surface area contributed by atoms with Crippen LogP contribution < -0.4 is 20.5 Å². The van der Waals surface area contributed by atoms with Gasteiger partial charge in [-0.3, -0.25) is 4.79 Å². The number of carbonyl (C=O) groups is 1. The van der Waals surface area contributed by atoms with Gasteiger partial charge >= 0.3 is 0 Å². The zero-order chi connectivity index (χ0) is 15.8. The summed E-state index contributed by atoms with van der Waals surface area (Å²) in [6, 6.07) is 5.19. The normalized spacial score (nSPS) is 13.4. The molecule has 0 radical (unpaired) electrons. The first kappa shape index (κ1) is 17.3. The number of carbonyl (C=O) groups excluding carboxylic acids is 1. The van der Waals surface area contributed by atoms with Gasteiger partial charge in [0.1, 0.15) is 11.5 Å². The Bertz CT molecular complexity index is 463. The molecule has 0 aromatic heterocycles. The summed E-state index contributed by atoms with van der Waals surface area (Å²) in [6.45, 7) is 4.45. The summed E-state index contributed by atoms with van der Waals surface area (Å²) >= 11 is 0. The van der Waals surface area contributed by atoms with Gasteiger partial charge in [-0.05, 0) is 19.9 Å². The summed E-state index contributed by atoms with van der Waals surface area (Å²) in [5.74, 6) is 1.01. The van der Waals surface area contributed by atoms with E-state index < -0.39 is 6.10 Å². The molecule has 6 nitrogen and oxygen atoms in total. The Hall–Kier alpha value is -1.79. The molecule has 0 saturated heterocycles. The predicted molar refractivity (Wildman–Crippen MR) is 80.6 cm³/mol. The Morgan fingerprint density at radius 2 is 2.05 bits per heavy atom. The number of benzene rings is 1. The SMILES string of the molecule is COCCNC(=O)C(C)Oc1cc(OC)ccc1[C@@H](C)N. The molecular formula is C15H24N2O4. The molecule has 0 aliphatic heterocycles. The van der Waals surface area contributed by atoms with Crippen LogP contribution in [0.2, 0.25) is 0 Å². The van der Waals surface area contributed by atoms with Crippen LogP contribution in [-0.2, 0) is 9.53 Å². The molecule has 0 bridgehead atoms. The first-order valence-electron chi connectivity index (χ1n) is 6.86. The Balaban J connectivity index is 2.77. The van der Waals surface area contributed by atoms with Crippen LogP contribution >= 0.6 is 0 Å². The van der Waals surface area contributed by atoms with Crippen LogP contribution in [0, 0.1) is 0 Å². The van der Waals surface area contributed by atoms with Crippen LogP contribution in [0.3, 0.4) is 0 Å². The maximum Gasteiger partial charge on any atom is 0.260 e. The average molecular weight is 296 g/mol. The molecule has 1 unspecified atom stereocenters. The number of rotatable bonds is 8. The molecule has 0 aliphatic rings. The molecule has 118 valence electrons. The second-order valence-electron chi connectivity index (χ2n) is 4.74. The van der Waals surface area contributed by atoms with Crippen molar-refractivity contribution in [2.45, 2.75) is 26.0 Å². The van der Waals surface area contributed by atoms with Crippen molar-refractivity contribution in [2.75, 3.05) is 27.4 Å². The summed E-state index contributed by atoms with van der Waals surface area (Å²) in [5, 5.41) is 2.73. The summed E-state index contributed by atoms with van der Waals surface area (Å²) in [4.78, 5) is 11.9. The van der Waals surface area contributed by atoms with Crippen molar-refractivity contribution >= 4 is 5.91 Å². The molecule has 0 heterocycles. The lowest BCUT2D eigenvalue weighted by molar-refractivity contribution is -0.127. The summed E-state index contributed by atoms with van der Waals surface area (Å²) in [6.07, 6.45) is -0.633. The van der Waals surface area contributed by atoms with Crippen LogP contribution in [0.25, 0.3) is 0 Å². The van der Waals surface area contributed by atoms with Crippen molar-refractivity contribution in [2.24, 2.45) is 5.73 Å². The highest BCUT2D eigenvalue weighted by Crippen LogP contribution is 2.29. The predicted octanol–water partition coefficient (Wildman–Crippen LogP) is 1.24. The quantitative estimate of drug-likeness (QED) is 0.705. The molecule has 0 fully saturated rings. The van der Waals surface area contributed by atoms with Crippen LogP contribution in [0.15, 0.2) is 18.2 Å². The largest absolute Gasteiger partial charge is 0.497 e. The van der Waals surface area contributed by atoms with E-state index in [0.29, 0.717) is 24.7 Å². The molecule has 0 spiro atoms. The Labute approximate surface area is 125 Å². The van der Waals surface area contributed by atoms with Crippen LogP contribution in [-0.4, -0.2) is 39.4 Å². The molecule has 6 heteroatoms. The molecule has 2 atom stereocenters. The topological polar surface area (TPSA) is 82.8 Å². The lowest BCUT2D eigenvalue weighted by Gasteiger charge is -2.19. The third kappa shape index (κ3) is 5.24. The van der Waals surface area contributed by atoms with Gasteiger partial charge in [0.05, 0.1) is 13.7 Å². The molecule has 0 saturated carbocycles. The average Bonchev–Trinajstić information content (AvgIpc) is 2.46. The van der Waals surface area contributed by atoms with Crippen LogP contribution in [0.5, 0.6) is 11.5 Å². The number of methoxy groups -OCH3 is 2. The van der Waals surface area contributed by atoms with E-state index >= 15 is 0 Å². The number of nitrogens with two attached hydrogens (primary N) is 1.